The minimum Gasteiger partial charge on any atom is -0.469 e. The minimum absolute atomic E-state index is 0.0967. The van der Waals surface area contributed by atoms with E-state index < -0.39 is 10.0 Å². The first-order valence-electron chi connectivity index (χ1n) is 8.50. The van der Waals surface area contributed by atoms with Crippen molar-refractivity contribution in [1.82, 2.24) is 4.90 Å². The summed E-state index contributed by atoms with van der Waals surface area (Å²) < 4.78 is 34.1. The number of sulfonamides is 1. The number of fused-ring (bicyclic) bond motifs is 1. The van der Waals surface area contributed by atoms with Crippen molar-refractivity contribution in [1.29, 1.82) is 0 Å². The summed E-state index contributed by atoms with van der Waals surface area (Å²) in [6.07, 6.45) is 3.06. The smallest absolute Gasteiger partial charge is 0.286 e. The van der Waals surface area contributed by atoms with E-state index in [0.29, 0.717) is 35.9 Å². The van der Waals surface area contributed by atoms with Crippen LogP contribution in [0.2, 0.25) is 0 Å². The van der Waals surface area contributed by atoms with Crippen molar-refractivity contribution in [2.75, 3.05) is 18.4 Å². The molecule has 1 amide bonds. The van der Waals surface area contributed by atoms with Gasteiger partial charge in [-0.1, -0.05) is 12.1 Å². The van der Waals surface area contributed by atoms with Crippen LogP contribution in [0.15, 0.2) is 50.3 Å². The number of carbonyl (C=O) groups is 1. The Bertz CT molecular complexity index is 993. The minimum atomic E-state index is -3.72. The predicted octanol–water partition coefficient (Wildman–Crippen LogP) is 2.65. The Morgan fingerprint density at radius 3 is 2.88 bits per heavy atom. The lowest BCUT2D eigenvalue weighted by atomic mass is 9.96. The normalized spacial score (nSPS) is 21.5. The number of nitrogens with one attached hydrogen (secondary N) is 1. The van der Waals surface area contributed by atoms with E-state index in [4.69, 9.17) is 4.42 Å². The largest absolute Gasteiger partial charge is 0.469 e. The molecule has 26 heavy (non-hydrogen) atoms. The lowest BCUT2D eigenvalue weighted by Gasteiger charge is -2.34. The number of hydrogen-bond acceptors (Lipinski definition) is 5. The van der Waals surface area contributed by atoms with Crippen LogP contribution in [0.5, 0.6) is 0 Å². The molecule has 0 radical (unpaired) electrons. The van der Waals surface area contributed by atoms with E-state index in [1.807, 2.05) is 0 Å². The van der Waals surface area contributed by atoms with Gasteiger partial charge in [-0.2, -0.15) is 8.42 Å². The molecule has 4 rings (SSSR count). The maximum absolute atomic E-state index is 12.7. The molecule has 0 unspecified atom stereocenters. The van der Waals surface area contributed by atoms with E-state index in [1.165, 1.54) is 12.3 Å². The van der Waals surface area contributed by atoms with Gasteiger partial charge in [0.2, 0.25) is 0 Å². The highest BCUT2D eigenvalue weighted by molar-refractivity contribution is 7.90. The van der Waals surface area contributed by atoms with Crippen LogP contribution < -0.4 is 5.32 Å². The summed E-state index contributed by atoms with van der Waals surface area (Å²) in [5.41, 5.74) is 1.08. The molecule has 1 N–H and O–H groups in total. The number of carbonyl (C=O) groups excluding carboxylic acids is 1. The summed E-state index contributed by atoms with van der Waals surface area (Å²) in [5, 5.41) is 3.14. The molecular weight excluding hydrogens is 354 g/mol. The number of rotatable bonds is 2. The molecule has 2 aromatic rings. The molecule has 8 heteroatoms. The van der Waals surface area contributed by atoms with Crippen molar-refractivity contribution >= 4 is 27.5 Å². The first-order chi connectivity index (χ1) is 12.5. The van der Waals surface area contributed by atoms with E-state index >= 15 is 0 Å². The number of amides is 1. The molecule has 7 nitrogen and oxygen atoms in total. The molecule has 3 heterocycles. The molecular formula is C18H19N3O4S. The van der Waals surface area contributed by atoms with Gasteiger partial charge in [0, 0.05) is 19.0 Å². The number of furan rings is 1. The van der Waals surface area contributed by atoms with Crippen molar-refractivity contribution in [2.45, 2.75) is 24.7 Å². The van der Waals surface area contributed by atoms with Gasteiger partial charge in [-0.05, 0) is 38.0 Å². The van der Waals surface area contributed by atoms with Gasteiger partial charge in [0.1, 0.15) is 16.5 Å². The molecule has 2 aliphatic heterocycles. The van der Waals surface area contributed by atoms with Gasteiger partial charge < -0.3 is 14.6 Å². The average Bonchev–Trinajstić information content (AvgIpc) is 3.06. The van der Waals surface area contributed by atoms with Gasteiger partial charge in [-0.15, -0.1) is 4.40 Å². The lowest BCUT2D eigenvalue weighted by molar-refractivity contribution is 0.0701. The fraction of sp³-hybridized carbons (Fsp3) is 0.333. The fourth-order valence-electron chi connectivity index (χ4n) is 3.47. The molecule has 1 saturated heterocycles. The SMILES string of the molecule is Cc1occc1C(=O)N1CCC[C@@H](C2=NS(=O)(=O)c3ccccc3N2)C1. The number of aryl methyl sites for hydroxylation is 1. The third-order valence-electron chi connectivity index (χ3n) is 4.83. The molecule has 0 bridgehead atoms. The molecule has 0 saturated carbocycles. The number of para-hydroxylation sites is 1. The monoisotopic (exact) mass is 373 g/mol. The van der Waals surface area contributed by atoms with Crippen molar-refractivity contribution < 1.29 is 17.6 Å². The molecule has 1 aromatic carbocycles. The van der Waals surface area contributed by atoms with Crippen LogP contribution in [-0.4, -0.2) is 38.2 Å². The first kappa shape index (κ1) is 16.8. The van der Waals surface area contributed by atoms with E-state index in [0.717, 1.165) is 12.8 Å². The third kappa shape index (κ3) is 2.90. The van der Waals surface area contributed by atoms with Crippen molar-refractivity contribution in [3.63, 3.8) is 0 Å². The van der Waals surface area contributed by atoms with Crippen LogP contribution >= 0.6 is 0 Å². The second kappa shape index (κ2) is 6.28. The Kier molecular flexibility index (Phi) is 4.07. The van der Waals surface area contributed by atoms with Gasteiger partial charge in [-0.3, -0.25) is 4.79 Å². The number of likely N-dealkylation sites (tertiary alicyclic amines) is 1. The van der Waals surface area contributed by atoms with Crippen LogP contribution in [-0.2, 0) is 10.0 Å². The second-order valence-corrected chi connectivity index (χ2v) is 8.13. The second-order valence-electron chi connectivity index (χ2n) is 6.55. The highest BCUT2D eigenvalue weighted by Gasteiger charge is 2.33. The summed E-state index contributed by atoms with van der Waals surface area (Å²) >= 11 is 0. The molecule has 0 aliphatic carbocycles. The molecule has 1 atom stereocenters. The van der Waals surface area contributed by atoms with E-state index in [-0.39, 0.29) is 16.7 Å². The van der Waals surface area contributed by atoms with Crippen molar-refractivity contribution in [3.8, 4) is 0 Å². The summed E-state index contributed by atoms with van der Waals surface area (Å²) in [6, 6.07) is 8.38. The summed E-state index contributed by atoms with van der Waals surface area (Å²) in [6.45, 7) is 2.81. The zero-order valence-electron chi connectivity index (χ0n) is 14.3. The molecule has 2 aliphatic rings. The highest BCUT2D eigenvalue weighted by Crippen LogP contribution is 2.30. The first-order valence-corrected chi connectivity index (χ1v) is 9.94. The molecule has 136 valence electrons. The molecule has 1 aromatic heterocycles. The summed E-state index contributed by atoms with van der Waals surface area (Å²) in [5.74, 6) is 0.746. The van der Waals surface area contributed by atoms with Gasteiger partial charge in [0.15, 0.2) is 0 Å². The Morgan fingerprint density at radius 1 is 1.31 bits per heavy atom. The van der Waals surface area contributed by atoms with Crippen molar-refractivity contribution in [3.05, 3.63) is 47.9 Å². The Labute approximate surface area is 151 Å². The average molecular weight is 373 g/mol. The number of benzene rings is 1. The number of anilines is 1. The summed E-state index contributed by atoms with van der Waals surface area (Å²) in [7, 11) is -3.72. The van der Waals surface area contributed by atoms with Crippen LogP contribution in [0.25, 0.3) is 0 Å². The lowest BCUT2D eigenvalue weighted by Crippen LogP contribution is -2.44. The van der Waals surface area contributed by atoms with Crippen LogP contribution in [0, 0.1) is 12.8 Å². The van der Waals surface area contributed by atoms with Gasteiger partial charge in [-0.25, -0.2) is 0 Å². The van der Waals surface area contributed by atoms with Gasteiger partial charge >= 0.3 is 0 Å². The Hall–Kier alpha value is -2.61. The fourth-order valence-corrected chi connectivity index (χ4v) is 4.67. The molecule has 0 spiro atoms. The maximum Gasteiger partial charge on any atom is 0.286 e. The Morgan fingerprint density at radius 2 is 2.12 bits per heavy atom. The van der Waals surface area contributed by atoms with Crippen LogP contribution in [0.4, 0.5) is 5.69 Å². The zero-order valence-corrected chi connectivity index (χ0v) is 15.1. The summed E-state index contributed by atoms with van der Waals surface area (Å²) in [4.78, 5) is 14.6. The predicted molar refractivity (Wildman–Crippen MR) is 96.8 cm³/mol. The van der Waals surface area contributed by atoms with Crippen molar-refractivity contribution in [2.24, 2.45) is 10.3 Å². The van der Waals surface area contributed by atoms with E-state index in [2.05, 4.69) is 9.71 Å². The number of amidine groups is 1. The Balaban J connectivity index is 1.58. The third-order valence-corrected chi connectivity index (χ3v) is 6.18. The highest BCUT2D eigenvalue weighted by atomic mass is 32.2. The zero-order chi connectivity index (χ0) is 18.3. The molecule has 1 fully saturated rings. The van der Waals surface area contributed by atoms with E-state index in [1.54, 1.807) is 36.1 Å². The number of piperidine rings is 1. The van der Waals surface area contributed by atoms with E-state index in [9.17, 15) is 13.2 Å². The number of hydrogen-bond donors (Lipinski definition) is 1. The van der Waals surface area contributed by atoms with Gasteiger partial charge in [0.25, 0.3) is 15.9 Å². The standard InChI is InChI=1S/C18H19N3O4S/c1-12-14(8-10-25-12)18(22)21-9-4-5-13(11-21)17-19-15-6-2-3-7-16(15)26(23,24)20-17/h2-3,6-8,10,13H,4-5,9,11H2,1H3,(H,19,20)/t13-/m1/s1. The quantitative estimate of drug-likeness (QED) is 0.874. The maximum atomic E-state index is 12.7. The number of nitrogens with zero attached hydrogens (tertiary/aromatic N) is 2. The van der Waals surface area contributed by atoms with Crippen LogP contribution in [0.1, 0.15) is 29.0 Å². The topological polar surface area (TPSA) is 92.0 Å². The van der Waals surface area contributed by atoms with Crippen LogP contribution in [0.3, 0.4) is 0 Å². The van der Waals surface area contributed by atoms with Gasteiger partial charge in [0.05, 0.1) is 17.5 Å².